The maximum atomic E-state index is 12.7. The Morgan fingerprint density at radius 1 is 0.528 bits per heavy atom. The number of ether oxygens (including phenoxy) is 4. The van der Waals surface area contributed by atoms with E-state index >= 15 is 0 Å². The van der Waals surface area contributed by atoms with Gasteiger partial charge in [0, 0.05) is 7.11 Å². The number of rotatable bonds is 23. The summed E-state index contributed by atoms with van der Waals surface area (Å²) >= 11 is 0. The molecule has 0 heterocycles. The van der Waals surface area contributed by atoms with Gasteiger partial charge in [0.25, 0.3) is 0 Å². The zero-order chi connectivity index (χ0) is 39.8. The van der Waals surface area contributed by atoms with Gasteiger partial charge in [-0.3, -0.25) is 27.1 Å². The fourth-order valence-corrected chi connectivity index (χ4v) is 6.03. The number of carbonyl (C=O) groups is 4. The summed E-state index contributed by atoms with van der Waals surface area (Å²) in [5.74, 6) is -3.20. The average molecular weight is 815 g/mol. The fraction of sp³-hybridized carbons (Fsp3) is 0.467. The largest absolute Gasteiger partial charge is 0.472 e. The van der Waals surface area contributed by atoms with E-state index in [1.165, 1.54) is 36.4 Å². The molecule has 2 rings (SSSR count). The fourth-order valence-electron chi connectivity index (χ4n) is 3.96. The van der Waals surface area contributed by atoms with Crippen LogP contribution in [-0.2, 0) is 73.0 Å². The van der Waals surface area contributed by atoms with E-state index in [1.54, 1.807) is 27.7 Å². The number of hydrogen-bond acceptors (Lipinski definition) is 17. The summed E-state index contributed by atoms with van der Waals surface area (Å²) in [7, 11) is -14.2. The lowest BCUT2D eigenvalue weighted by molar-refractivity contribution is 0.0216. The third-order valence-electron chi connectivity index (χ3n) is 6.18. The molecule has 0 aliphatic rings. The van der Waals surface area contributed by atoms with Crippen molar-refractivity contribution < 1.29 is 93.6 Å². The smallest absolute Gasteiger partial charge is 0.462 e. The molecule has 3 atom stereocenters. The Bertz CT molecular complexity index is 1540. The molecule has 2 aromatic rings. The molecule has 0 aliphatic heterocycles. The van der Waals surface area contributed by atoms with Crippen molar-refractivity contribution in [2.75, 3.05) is 46.8 Å². The number of benzene rings is 2. The predicted molar refractivity (Wildman–Crippen MR) is 180 cm³/mol. The molecular formula is C30H41O20P3. The third-order valence-corrected chi connectivity index (χ3v) is 9.07. The summed E-state index contributed by atoms with van der Waals surface area (Å²) in [6.07, 6.45) is -1.84. The van der Waals surface area contributed by atoms with E-state index < -0.39 is 79.9 Å². The van der Waals surface area contributed by atoms with Gasteiger partial charge in [-0.1, -0.05) is 0 Å². The van der Waals surface area contributed by atoms with Crippen molar-refractivity contribution in [2.45, 2.75) is 47.0 Å². The Morgan fingerprint density at radius 2 is 0.830 bits per heavy atom. The van der Waals surface area contributed by atoms with Crippen molar-refractivity contribution in [1.29, 1.82) is 0 Å². The highest BCUT2D eigenvalue weighted by Crippen LogP contribution is 2.49. The zero-order valence-electron chi connectivity index (χ0n) is 29.3. The molecule has 0 bridgehead atoms. The highest BCUT2D eigenvalue weighted by molar-refractivity contribution is 7.48. The lowest BCUT2D eigenvalue weighted by Crippen LogP contribution is -2.24. The Labute approximate surface area is 304 Å². The van der Waals surface area contributed by atoms with Crippen molar-refractivity contribution in [3.63, 3.8) is 0 Å². The molecule has 0 radical (unpaired) electrons. The van der Waals surface area contributed by atoms with Gasteiger partial charge >= 0.3 is 47.3 Å². The lowest BCUT2D eigenvalue weighted by atomic mass is 10.1. The summed E-state index contributed by atoms with van der Waals surface area (Å²) in [6.45, 7) is 2.78. The summed E-state index contributed by atoms with van der Waals surface area (Å²) in [5, 5.41) is 0. The predicted octanol–water partition coefficient (Wildman–Crippen LogP) is 4.49. The average Bonchev–Trinajstić information content (AvgIpc) is 3.11. The van der Waals surface area contributed by atoms with Crippen LogP contribution in [0.4, 0.5) is 0 Å². The SMILES string of the molecule is CCOC(=O)c1cc(COP(=O)(O)OCC(COP(=O)(O)OCc2cc(C(=O)OCC)cc(C(=O)OCC)c2)OP(=O)(O)OC)cc(C(=O)OCC)c1. The second-order valence-electron chi connectivity index (χ2n) is 10.2. The van der Waals surface area contributed by atoms with Crippen LogP contribution in [0.15, 0.2) is 36.4 Å². The van der Waals surface area contributed by atoms with Crippen molar-refractivity contribution in [2.24, 2.45) is 0 Å². The van der Waals surface area contributed by atoms with E-state index in [0.717, 1.165) is 7.11 Å². The van der Waals surface area contributed by atoms with Crippen LogP contribution in [0.5, 0.6) is 0 Å². The van der Waals surface area contributed by atoms with Gasteiger partial charge in [0.2, 0.25) is 0 Å². The molecule has 296 valence electrons. The van der Waals surface area contributed by atoms with Crippen molar-refractivity contribution >= 4 is 47.3 Å². The van der Waals surface area contributed by atoms with Crippen LogP contribution in [-0.4, -0.2) is 91.4 Å². The Morgan fingerprint density at radius 3 is 1.09 bits per heavy atom. The van der Waals surface area contributed by atoms with Crippen molar-refractivity contribution in [1.82, 2.24) is 0 Å². The summed E-state index contributed by atoms with van der Waals surface area (Å²) in [5.41, 5.74) is -0.253. The van der Waals surface area contributed by atoms with Crippen LogP contribution in [0.1, 0.15) is 80.3 Å². The molecule has 0 saturated carbocycles. The van der Waals surface area contributed by atoms with Crippen LogP contribution in [0, 0.1) is 0 Å². The molecule has 0 spiro atoms. The quantitative estimate of drug-likeness (QED) is 0.0791. The highest BCUT2D eigenvalue weighted by atomic mass is 31.2. The molecule has 53 heavy (non-hydrogen) atoms. The minimum atomic E-state index is -5.06. The van der Waals surface area contributed by atoms with E-state index in [2.05, 4.69) is 4.52 Å². The second-order valence-corrected chi connectivity index (χ2v) is 14.6. The number of phosphoric ester groups is 3. The minimum Gasteiger partial charge on any atom is -0.462 e. The van der Waals surface area contributed by atoms with Gasteiger partial charge in [-0.05, 0) is 75.2 Å². The van der Waals surface area contributed by atoms with Crippen molar-refractivity contribution in [3.8, 4) is 0 Å². The number of hydrogen-bond donors (Lipinski definition) is 3. The maximum absolute atomic E-state index is 12.7. The monoisotopic (exact) mass is 814 g/mol. The van der Waals surface area contributed by atoms with E-state index in [0.29, 0.717) is 0 Å². The van der Waals surface area contributed by atoms with Gasteiger partial charge < -0.3 is 33.6 Å². The van der Waals surface area contributed by atoms with Crippen LogP contribution >= 0.6 is 23.5 Å². The van der Waals surface area contributed by atoms with Crippen LogP contribution in [0.2, 0.25) is 0 Å². The molecule has 0 aliphatic carbocycles. The first-order valence-corrected chi connectivity index (χ1v) is 20.1. The molecule has 2 aromatic carbocycles. The first-order chi connectivity index (χ1) is 24.9. The second kappa shape index (κ2) is 21.5. The van der Waals surface area contributed by atoms with Gasteiger partial charge in [0.05, 0.1) is 75.1 Å². The Kier molecular flexibility index (Phi) is 18.6. The van der Waals surface area contributed by atoms with E-state index in [4.69, 9.17) is 41.6 Å². The molecule has 0 fully saturated rings. The van der Waals surface area contributed by atoms with E-state index in [9.17, 15) is 47.6 Å². The van der Waals surface area contributed by atoms with Crippen LogP contribution < -0.4 is 0 Å². The highest BCUT2D eigenvalue weighted by Gasteiger charge is 2.33. The summed E-state index contributed by atoms with van der Waals surface area (Å²) in [4.78, 5) is 79.7. The number of carbonyl (C=O) groups excluding carboxylic acids is 4. The molecule has 3 N–H and O–H groups in total. The number of esters is 4. The van der Waals surface area contributed by atoms with Crippen molar-refractivity contribution in [3.05, 3.63) is 69.8 Å². The normalized spacial score (nSPS) is 15.2. The first-order valence-electron chi connectivity index (χ1n) is 15.6. The Balaban J connectivity index is 2.17. The minimum absolute atomic E-state index is 0.0194. The maximum Gasteiger partial charge on any atom is 0.472 e. The molecular weight excluding hydrogens is 773 g/mol. The molecule has 0 aromatic heterocycles. The van der Waals surface area contributed by atoms with Crippen LogP contribution in [0.25, 0.3) is 0 Å². The molecule has 3 unspecified atom stereocenters. The summed E-state index contributed by atoms with van der Waals surface area (Å²) < 4.78 is 86.2. The lowest BCUT2D eigenvalue weighted by Gasteiger charge is -2.22. The van der Waals surface area contributed by atoms with Gasteiger partial charge in [-0.2, -0.15) is 0 Å². The van der Waals surface area contributed by atoms with Gasteiger partial charge in [0.15, 0.2) is 0 Å². The van der Waals surface area contributed by atoms with Gasteiger partial charge in [0.1, 0.15) is 6.10 Å². The van der Waals surface area contributed by atoms with Gasteiger partial charge in [-0.15, -0.1) is 0 Å². The third kappa shape index (κ3) is 16.3. The molecule has 0 saturated heterocycles. The van der Waals surface area contributed by atoms with E-state index in [1.807, 2.05) is 0 Å². The Hall–Kier alpha value is -3.35. The number of phosphoric acid groups is 3. The molecule has 20 nitrogen and oxygen atoms in total. The van der Waals surface area contributed by atoms with E-state index in [-0.39, 0.29) is 59.8 Å². The van der Waals surface area contributed by atoms with Crippen LogP contribution in [0.3, 0.4) is 0 Å². The van der Waals surface area contributed by atoms with Gasteiger partial charge in [-0.25, -0.2) is 32.9 Å². The standard InChI is InChI=1S/C30H41O20P3/c1-6-42-27(31)22-10-20(11-23(14-22)28(32)43-7-2)16-46-52(37,38)48-18-26(50-51(35,36)41-5)19-49-53(39,40)47-17-21-12-24(29(33)44-8-3)15-25(13-21)30(34)45-9-4/h10-15,26H,6-9,16-19H2,1-5H3,(H,35,36)(H,37,38)(H,39,40). The topological polar surface area (TPSA) is 272 Å². The first kappa shape index (κ1) is 45.8. The zero-order valence-corrected chi connectivity index (χ0v) is 32.0. The molecule has 0 amide bonds. The summed E-state index contributed by atoms with van der Waals surface area (Å²) in [6, 6.07) is 7.30. The molecule has 23 heteroatoms.